The molecule has 3 N–H and O–H groups in total. The van der Waals surface area contributed by atoms with Crippen molar-refractivity contribution in [2.75, 3.05) is 19.3 Å². The fraction of sp³-hybridized carbons (Fsp3) is 0.750. The molecule has 1 fully saturated rings. The Hall–Kier alpha value is -1.07. The lowest BCUT2D eigenvalue weighted by Crippen LogP contribution is -2.44. The first kappa shape index (κ1) is 12.4. The monoisotopic (exact) mass is 238 g/mol. The number of nitrogens with two attached hydrogens (primary N) is 1. The fourth-order valence-corrected chi connectivity index (χ4v) is 2.53. The average molecular weight is 238 g/mol. The van der Waals surface area contributed by atoms with Crippen molar-refractivity contribution in [1.82, 2.24) is 14.7 Å². The smallest absolute Gasteiger partial charge is 0.145 e. The van der Waals surface area contributed by atoms with E-state index in [4.69, 9.17) is 5.73 Å². The Morgan fingerprint density at radius 2 is 2.29 bits per heavy atom. The summed E-state index contributed by atoms with van der Waals surface area (Å²) in [4.78, 5) is 2.24. The summed E-state index contributed by atoms with van der Waals surface area (Å²) in [5.41, 5.74) is 5.56. The molecule has 1 saturated carbocycles. The number of hydrogen-bond acceptors (Lipinski definition) is 4. The maximum Gasteiger partial charge on any atom is 0.145 e. The van der Waals surface area contributed by atoms with Crippen LogP contribution in [0.4, 0.5) is 5.82 Å². The zero-order valence-electron chi connectivity index (χ0n) is 10.4. The summed E-state index contributed by atoms with van der Waals surface area (Å²) in [6, 6.07) is 2.10. The molecule has 1 aliphatic rings. The highest BCUT2D eigenvalue weighted by atomic mass is 16.3. The molecule has 17 heavy (non-hydrogen) atoms. The number of rotatable bonds is 4. The summed E-state index contributed by atoms with van der Waals surface area (Å²) in [6.07, 6.45) is 6.13. The minimum absolute atomic E-state index is 0.170. The van der Waals surface area contributed by atoms with Crippen molar-refractivity contribution in [2.45, 2.75) is 44.4 Å². The summed E-state index contributed by atoms with van der Waals surface area (Å²) < 4.78 is 1.85. The van der Waals surface area contributed by atoms with E-state index < -0.39 is 0 Å². The number of likely N-dealkylation sites (N-methyl/N-ethyl adjacent to an activating group) is 1. The number of aliphatic hydroxyl groups is 1. The van der Waals surface area contributed by atoms with Crippen LogP contribution in [0, 0.1) is 0 Å². The molecule has 1 aliphatic carbocycles. The second-order valence-corrected chi connectivity index (χ2v) is 4.90. The lowest BCUT2D eigenvalue weighted by Gasteiger charge is -2.35. The van der Waals surface area contributed by atoms with Crippen LogP contribution in [0.15, 0.2) is 12.3 Å². The zero-order chi connectivity index (χ0) is 12.3. The molecule has 0 aromatic carbocycles. The number of aliphatic hydroxyl groups excluding tert-OH is 1. The van der Waals surface area contributed by atoms with Crippen LogP contribution in [-0.2, 0) is 6.54 Å². The van der Waals surface area contributed by atoms with Gasteiger partial charge in [0.05, 0.1) is 12.6 Å². The molecule has 0 saturated heterocycles. The largest absolute Gasteiger partial charge is 0.391 e. The molecule has 0 spiro atoms. The van der Waals surface area contributed by atoms with Crippen LogP contribution in [0.3, 0.4) is 0 Å². The van der Waals surface area contributed by atoms with Crippen LogP contribution < -0.4 is 5.73 Å². The number of anilines is 1. The first-order valence-electron chi connectivity index (χ1n) is 6.34. The summed E-state index contributed by atoms with van der Waals surface area (Å²) in [6.45, 7) is 1.71. The highest BCUT2D eigenvalue weighted by Gasteiger charge is 2.26. The fourth-order valence-electron chi connectivity index (χ4n) is 2.53. The van der Waals surface area contributed by atoms with Crippen LogP contribution in [0.2, 0.25) is 0 Å². The van der Waals surface area contributed by atoms with Gasteiger partial charge in [-0.1, -0.05) is 12.8 Å². The van der Waals surface area contributed by atoms with Crippen LogP contribution >= 0.6 is 0 Å². The molecule has 96 valence electrons. The highest BCUT2D eigenvalue weighted by molar-refractivity contribution is 5.23. The van der Waals surface area contributed by atoms with Gasteiger partial charge >= 0.3 is 0 Å². The van der Waals surface area contributed by atoms with Crippen molar-refractivity contribution in [3.05, 3.63) is 12.3 Å². The first-order chi connectivity index (χ1) is 8.16. The van der Waals surface area contributed by atoms with Gasteiger partial charge in [0.1, 0.15) is 5.82 Å². The summed E-state index contributed by atoms with van der Waals surface area (Å²) in [5.74, 6) is 0.561. The van der Waals surface area contributed by atoms with E-state index in [1.165, 1.54) is 6.42 Å². The van der Waals surface area contributed by atoms with E-state index in [0.717, 1.165) is 32.4 Å². The summed E-state index contributed by atoms with van der Waals surface area (Å²) >= 11 is 0. The lowest BCUT2D eigenvalue weighted by molar-refractivity contribution is 0.0305. The van der Waals surface area contributed by atoms with E-state index in [1.54, 1.807) is 6.07 Å². The maximum absolute atomic E-state index is 9.96. The van der Waals surface area contributed by atoms with E-state index in [9.17, 15) is 5.11 Å². The Balaban J connectivity index is 1.82. The van der Waals surface area contributed by atoms with E-state index in [1.807, 2.05) is 10.9 Å². The topological polar surface area (TPSA) is 67.3 Å². The molecule has 1 aromatic rings. The van der Waals surface area contributed by atoms with Gasteiger partial charge in [0, 0.05) is 18.8 Å². The second-order valence-electron chi connectivity index (χ2n) is 4.90. The van der Waals surface area contributed by atoms with Crippen molar-refractivity contribution in [1.29, 1.82) is 0 Å². The van der Waals surface area contributed by atoms with Crippen molar-refractivity contribution in [3.8, 4) is 0 Å². The Bertz CT molecular complexity index is 352. The third kappa shape index (κ3) is 3.20. The zero-order valence-corrected chi connectivity index (χ0v) is 10.4. The third-order valence-electron chi connectivity index (χ3n) is 3.60. The standard InChI is InChI=1S/C12H22N4O/c1-15(10-4-2-3-5-11(10)17)8-9-16-7-6-12(13)14-16/h6-7,10-11,17H,2-5,8-9H2,1H3,(H2,13,14). The Morgan fingerprint density at radius 3 is 2.94 bits per heavy atom. The molecule has 0 bridgehead atoms. The molecular formula is C12H22N4O. The predicted molar refractivity (Wildman–Crippen MR) is 67.5 cm³/mol. The molecule has 0 radical (unpaired) electrons. The average Bonchev–Trinajstić information content (AvgIpc) is 2.73. The van der Waals surface area contributed by atoms with Gasteiger partial charge in [0.2, 0.25) is 0 Å². The number of hydrogen-bond donors (Lipinski definition) is 2. The number of nitrogen functional groups attached to an aromatic ring is 1. The minimum Gasteiger partial charge on any atom is -0.391 e. The van der Waals surface area contributed by atoms with Gasteiger partial charge in [0.15, 0.2) is 0 Å². The van der Waals surface area contributed by atoms with E-state index in [0.29, 0.717) is 11.9 Å². The quantitative estimate of drug-likeness (QED) is 0.810. The molecule has 1 aromatic heterocycles. The first-order valence-corrected chi connectivity index (χ1v) is 6.34. The molecule has 1 heterocycles. The van der Waals surface area contributed by atoms with Gasteiger partial charge in [-0.15, -0.1) is 0 Å². The molecule has 0 amide bonds. The van der Waals surface area contributed by atoms with Crippen LogP contribution in [0.1, 0.15) is 25.7 Å². The second kappa shape index (κ2) is 5.51. The van der Waals surface area contributed by atoms with Crippen LogP contribution in [0.25, 0.3) is 0 Å². The number of nitrogens with zero attached hydrogens (tertiary/aromatic N) is 3. The summed E-state index contributed by atoms with van der Waals surface area (Å²) in [7, 11) is 2.08. The lowest BCUT2D eigenvalue weighted by atomic mass is 9.92. The Morgan fingerprint density at radius 1 is 1.53 bits per heavy atom. The van der Waals surface area contributed by atoms with Crippen molar-refractivity contribution in [3.63, 3.8) is 0 Å². The van der Waals surface area contributed by atoms with Crippen molar-refractivity contribution < 1.29 is 5.11 Å². The van der Waals surface area contributed by atoms with Gasteiger partial charge in [-0.05, 0) is 26.0 Å². The molecule has 2 atom stereocenters. The Kier molecular flexibility index (Phi) is 4.02. The van der Waals surface area contributed by atoms with E-state index >= 15 is 0 Å². The molecule has 5 heteroatoms. The number of aromatic nitrogens is 2. The van der Waals surface area contributed by atoms with Gasteiger partial charge in [0.25, 0.3) is 0 Å². The SMILES string of the molecule is CN(CCn1ccc(N)n1)C1CCCCC1O. The minimum atomic E-state index is -0.170. The van der Waals surface area contributed by atoms with Gasteiger partial charge in [-0.3, -0.25) is 9.58 Å². The van der Waals surface area contributed by atoms with Gasteiger partial charge in [-0.2, -0.15) is 5.10 Å². The Labute approximate surface area is 102 Å². The van der Waals surface area contributed by atoms with E-state index in [-0.39, 0.29) is 6.10 Å². The maximum atomic E-state index is 9.96. The predicted octanol–water partition coefficient (Wildman–Crippen LogP) is 0.701. The molecular weight excluding hydrogens is 216 g/mol. The van der Waals surface area contributed by atoms with Crippen LogP contribution in [-0.4, -0.2) is 45.5 Å². The third-order valence-corrected chi connectivity index (χ3v) is 3.60. The van der Waals surface area contributed by atoms with Crippen LogP contribution in [0.5, 0.6) is 0 Å². The highest BCUT2D eigenvalue weighted by Crippen LogP contribution is 2.22. The molecule has 0 aliphatic heterocycles. The summed E-state index contributed by atoms with van der Waals surface area (Å²) in [5, 5.41) is 14.1. The molecule has 2 unspecified atom stereocenters. The van der Waals surface area contributed by atoms with Crippen molar-refractivity contribution in [2.24, 2.45) is 0 Å². The molecule has 2 rings (SSSR count). The van der Waals surface area contributed by atoms with E-state index in [2.05, 4.69) is 17.0 Å². The van der Waals surface area contributed by atoms with Gasteiger partial charge < -0.3 is 10.8 Å². The molecule has 5 nitrogen and oxygen atoms in total. The normalized spacial score (nSPS) is 25.4. The van der Waals surface area contributed by atoms with Crippen molar-refractivity contribution >= 4 is 5.82 Å². The van der Waals surface area contributed by atoms with Gasteiger partial charge in [-0.25, -0.2) is 0 Å².